The third kappa shape index (κ3) is 5.27. The van der Waals surface area contributed by atoms with Crippen LogP contribution in [-0.4, -0.2) is 43.3 Å². The second kappa shape index (κ2) is 8.26. The average Bonchev–Trinajstić information content (AvgIpc) is 2.99. The maximum Gasteiger partial charge on any atom is 0.314 e. The van der Waals surface area contributed by atoms with Crippen molar-refractivity contribution in [2.45, 2.75) is 19.3 Å². The van der Waals surface area contributed by atoms with Gasteiger partial charge in [0.2, 0.25) is 0 Å². The third-order valence-corrected chi connectivity index (χ3v) is 3.81. The van der Waals surface area contributed by atoms with Crippen LogP contribution >= 0.6 is 0 Å². The molecule has 0 aromatic heterocycles. The molecule has 22 heavy (non-hydrogen) atoms. The molecule has 1 aromatic rings. The van der Waals surface area contributed by atoms with E-state index in [4.69, 9.17) is 5.11 Å². The fourth-order valence-electron chi connectivity index (χ4n) is 2.61. The first-order valence-electron chi connectivity index (χ1n) is 7.68. The van der Waals surface area contributed by atoms with Gasteiger partial charge >= 0.3 is 12.0 Å². The maximum absolute atomic E-state index is 11.6. The summed E-state index contributed by atoms with van der Waals surface area (Å²) in [6, 6.07) is 10.1. The highest BCUT2D eigenvalue weighted by Crippen LogP contribution is 2.22. The quantitative estimate of drug-likeness (QED) is 0.669. The zero-order valence-corrected chi connectivity index (χ0v) is 12.6. The van der Waals surface area contributed by atoms with E-state index in [2.05, 4.69) is 27.7 Å². The molecule has 6 nitrogen and oxygen atoms in total. The number of carbonyl (C=O) groups is 2. The molecule has 1 fully saturated rings. The second-order valence-corrected chi connectivity index (χ2v) is 5.57. The number of aliphatic carboxylic acids is 1. The van der Waals surface area contributed by atoms with E-state index >= 15 is 0 Å². The number of amides is 2. The monoisotopic (exact) mass is 305 g/mol. The molecule has 0 saturated carbocycles. The van der Waals surface area contributed by atoms with Gasteiger partial charge in [0.1, 0.15) is 0 Å². The molecule has 1 unspecified atom stereocenters. The minimum Gasteiger partial charge on any atom is -0.481 e. The topological polar surface area (TPSA) is 81.7 Å². The Kier molecular flexibility index (Phi) is 6.06. The number of benzene rings is 1. The normalized spacial score (nSPS) is 17.3. The summed E-state index contributed by atoms with van der Waals surface area (Å²) < 4.78 is 0. The van der Waals surface area contributed by atoms with Gasteiger partial charge in [-0.3, -0.25) is 4.79 Å². The van der Waals surface area contributed by atoms with Gasteiger partial charge in [-0.1, -0.05) is 18.2 Å². The summed E-state index contributed by atoms with van der Waals surface area (Å²) >= 11 is 0. The van der Waals surface area contributed by atoms with Crippen LogP contribution in [0.3, 0.4) is 0 Å². The largest absolute Gasteiger partial charge is 0.481 e. The third-order valence-electron chi connectivity index (χ3n) is 3.81. The summed E-state index contributed by atoms with van der Waals surface area (Å²) in [5.41, 5.74) is 1.23. The van der Waals surface area contributed by atoms with Crippen LogP contribution in [0.15, 0.2) is 30.3 Å². The van der Waals surface area contributed by atoms with Crippen molar-refractivity contribution in [3.63, 3.8) is 0 Å². The van der Waals surface area contributed by atoms with Gasteiger partial charge in [0.05, 0.1) is 0 Å². The highest BCUT2D eigenvalue weighted by atomic mass is 16.4. The van der Waals surface area contributed by atoms with E-state index in [0.29, 0.717) is 25.4 Å². The van der Waals surface area contributed by atoms with Crippen molar-refractivity contribution in [2.75, 3.05) is 31.1 Å². The number of nitrogens with zero attached hydrogens (tertiary/aromatic N) is 1. The summed E-state index contributed by atoms with van der Waals surface area (Å²) in [7, 11) is 0. The van der Waals surface area contributed by atoms with Crippen LogP contribution in [0.5, 0.6) is 0 Å². The Labute approximate surface area is 130 Å². The van der Waals surface area contributed by atoms with E-state index in [0.717, 1.165) is 19.5 Å². The minimum absolute atomic E-state index is 0.0783. The number of carbonyl (C=O) groups excluding carboxylic acids is 1. The van der Waals surface area contributed by atoms with Crippen LogP contribution in [0.4, 0.5) is 10.5 Å². The molecule has 3 N–H and O–H groups in total. The molecular formula is C16H23N3O3. The van der Waals surface area contributed by atoms with Gasteiger partial charge in [0, 0.05) is 38.3 Å². The molecule has 6 heteroatoms. The highest BCUT2D eigenvalue weighted by molar-refractivity contribution is 5.74. The lowest BCUT2D eigenvalue weighted by Crippen LogP contribution is -2.39. The summed E-state index contributed by atoms with van der Waals surface area (Å²) in [6.45, 7) is 2.99. The van der Waals surface area contributed by atoms with E-state index in [-0.39, 0.29) is 12.5 Å². The molecule has 1 heterocycles. The zero-order valence-electron chi connectivity index (χ0n) is 12.6. The number of urea groups is 1. The van der Waals surface area contributed by atoms with Crippen molar-refractivity contribution in [3.8, 4) is 0 Å². The lowest BCUT2D eigenvalue weighted by Gasteiger charge is -2.18. The molecule has 0 aliphatic carbocycles. The van der Waals surface area contributed by atoms with Gasteiger partial charge in [0.25, 0.3) is 0 Å². The van der Waals surface area contributed by atoms with Crippen molar-refractivity contribution in [3.05, 3.63) is 30.3 Å². The number of anilines is 1. The minimum atomic E-state index is -0.839. The molecule has 1 aromatic carbocycles. The molecule has 1 aliphatic heterocycles. The highest BCUT2D eigenvalue weighted by Gasteiger charge is 2.22. The number of carboxylic acids is 1. The Morgan fingerprint density at radius 1 is 1.23 bits per heavy atom. The van der Waals surface area contributed by atoms with Crippen molar-refractivity contribution in [1.82, 2.24) is 10.6 Å². The van der Waals surface area contributed by atoms with E-state index in [9.17, 15) is 9.59 Å². The standard InChI is InChI=1S/C16H23N3O3/c20-15(21)7-4-9-17-16(22)18-11-13-8-10-19(12-13)14-5-2-1-3-6-14/h1-3,5-6,13H,4,7-12H2,(H,20,21)(H2,17,18,22). The number of nitrogens with one attached hydrogen (secondary N) is 2. The van der Waals surface area contributed by atoms with Crippen LogP contribution < -0.4 is 15.5 Å². The summed E-state index contributed by atoms with van der Waals surface area (Å²) in [4.78, 5) is 24.3. The van der Waals surface area contributed by atoms with E-state index in [1.54, 1.807) is 0 Å². The Morgan fingerprint density at radius 2 is 2.00 bits per heavy atom. The van der Waals surface area contributed by atoms with Crippen molar-refractivity contribution >= 4 is 17.7 Å². The predicted molar refractivity (Wildman–Crippen MR) is 85.0 cm³/mol. The number of para-hydroxylation sites is 1. The van der Waals surface area contributed by atoms with Crippen LogP contribution in [0.1, 0.15) is 19.3 Å². The first-order chi connectivity index (χ1) is 10.6. The average molecular weight is 305 g/mol. The SMILES string of the molecule is O=C(O)CCCNC(=O)NCC1CCN(c2ccccc2)C1. The summed E-state index contributed by atoms with van der Waals surface area (Å²) in [5.74, 6) is -0.390. The molecule has 0 radical (unpaired) electrons. The molecule has 120 valence electrons. The Balaban J connectivity index is 1.62. The van der Waals surface area contributed by atoms with Gasteiger partial charge in [0.15, 0.2) is 0 Å². The van der Waals surface area contributed by atoms with Gasteiger partial charge in [-0.05, 0) is 30.9 Å². The lowest BCUT2D eigenvalue weighted by atomic mass is 10.1. The van der Waals surface area contributed by atoms with Gasteiger partial charge < -0.3 is 20.6 Å². The van der Waals surface area contributed by atoms with E-state index in [1.807, 2.05) is 18.2 Å². The molecule has 0 spiro atoms. The molecule has 0 bridgehead atoms. The fraction of sp³-hybridized carbons (Fsp3) is 0.500. The first kappa shape index (κ1) is 16.1. The molecule has 1 aliphatic rings. The smallest absolute Gasteiger partial charge is 0.314 e. The van der Waals surface area contributed by atoms with Crippen LogP contribution in [0.2, 0.25) is 0 Å². The molecule has 2 amide bonds. The Morgan fingerprint density at radius 3 is 2.73 bits per heavy atom. The summed E-state index contributed by atoms with van der Waals surface area (Å²) in [5, 5.41) is 14.0. The summed E-state index contributed by atoms with van der Waals surface area (Å²) in [6.07, 6.45) is 1.59. The molecule has 2 rings (SSSR count). The first-order valence-corrected chi connectivity index (χ1v) is 7.68. The molecule has 1 saturated heterocycles. The lowest BCUT2D eigenvalue weighted by molar-refractivity contribution is -0.137. The van der Waals surface area contributed by atoms with Crippen LogP contribution in [0.25, 0.3) is 0 Å². The van der Waals surface area contributed by atoms with Crippen molar-refractivity contribution < 1.29 is 14.7 Å². The van der Waals surface area contributed by atoms with E-state index in [1.165, 1.54) is 5.69 Å². The Bertz CT molecular complexity index is 493. The van der Waals surface area contributed by atoms with Crippen LogP contribution in [0, 0.1) is 5.92 Å². The maximum atomic E-state index is 11.6. The molecular weight excluding hydrogens is 282 g/mol. The second-order valence-electron chi connectivity index (χ2n) is 5.57. The van der Waals surface area contributed by atoms with Gasteiger partial charge in [-0.15, -0.1) is 0 Å². The van der Waals surface area contributed by atoms with Crippen LogP contribution in [-0.2, 0) is 4.79 Å². The Hall–Kier alpha value is -2.24. The van der Waals surface area contributed by atoms with Crippen molar-refractivity contribution in [1.29, 1.82) is 0 Å². The number of hydrogen-bond donors (Lipinski definition) is 3. The van der Waals surface area contributed by atoms with Crippen molar-refractivity contribution in [2.24, 2.45) is 5.92 Å². The van der Waals surface area contributed by atoms with Gasteiger partial charge in [-0.2, -0.15) is 0 Å². The predicted octanol–water partition coefficient (Wildman–Crippen LogP) is 1.68. The zero-order chi connectivity index (χ0) is 15.8. The number of carboxylic acid groups (broad SMARTS) is 1. The fourth-order valence-corrected chi connectivity index (χ4v) is 2.61. The van der Waals surface area contributed by atoms with E-state index < -0.39 is 5.97 Å². The van der Waals surface area contributed by atoms with Gasteiger partial charge in [-0.25, -0.2) is 4.79 Å². The molecule has 1 atom stereocenters. The number of rotatable bonds is 7. The number of hydrogen-bond acceptors (Lipinski definition) is 3.